The molecule has 0 aliphatic heterocycles. The van der Waals surface area contributed by atoms with E-state index in [4.69, 9.17) is 11.6 Å². The average Bonchev–Trinajstić information content (AvgIpc) is 2.28. The highest BCUT2D eigenvalue weighted by atomic mass is 35.5. The first-order chi connectivity index (χ1) is 8.87. The summed E-state index contributed by atoms with van der Waals surface area (Å²) in [6.45, 7) is 0. The van der Waals surface area contributed by atoms with Gasteiger partial charge in [-0.15, -0.1) is 13.2 Å². The van der Waals surface area contributed by atoms with Crippen LogP contribution in [0.25, 0.3) is 11.1 Å². The number of halogens is 4. The van der Waals surface area contributed by atoms with Gasteiger partial charge in [-0.05, 0) is 24.3 Å². The molecule has 0 heterocycles. The van der Waals surface area contributed by atoms with Crippen molar-refractivity contribution >= 4 is 11.6 Å². The number of aromatic hydroxyl groups is 1. The molecule has 0 spiro atoms. The van der Waals surface area contributed by atoms with Gasteiger partial charge in [-0.2, -0.15) is 0 Å². The molecule has 0 bridgehead atoms. The number of phenolic OH excluding ortho intramolecular Hbond substituents is 1. The molecule has 0 aromatic heterocycles. The van der Waals surface area contributed by atoms with Crippen molar-refractivity contribution in [1.29, 1.82) is 0 Å². The van der Waals surface area contributed by atoms with Gasteiger partial charge < -0.3 is 9.84 Å². The Morgan fingerprint density at radius 2 is 1.68 bits per heavy atom. The van der Waals surface area contributed by atoms with Crippen molar-refractivity contribution in [3.8, 4) is 22.6 Å². The summed E-state index contributed by atoms with van der Waals surface area (Å²) in [4.78, 5) is 0. The number of para-hydroxylation sites is 1. The second kappa shape index (κ2) is 5.01. The largest absolute Gasteiger partial charge is 0.573 e. The number of alkyl halides is 3. The summed E-state index contributed by atoms with van der Waals surface area (Å²) in [7, 11) is 0. The Hall–Kier alpha value is -1.88. The van der Waals surface area contributed by atoms with Gasteiger partial charge in [0.15, 0.2) is 0 Å². The molecule has 6 heteroatoms. The Bertz CT molecular complexity index is 597. The second-order valence-corrected chi connectivity index (χ2v) is 4.12. The molecule has 0 radical (unpaired) electrons. The Morgan fingerprint density at radius 3 is 2.32 bits per heavy atom. The van der Waals surface area contributed by atoms with Crippen LogP contribution < -0.4 is 4.74 Å². The number of benzene rings is 2. The zero-order chi connectivity index (χ0) is 14.0. The lowest BCUT2D eigenvalue weighted by atomic mass is 10.0. The molecular weight excluding hydrogens is 281 g/mol. The van der Waals surface area contributed by atoms with Crippen LogP contribution in [0.5, 0.6) is 11.5 Å². The average molecular weight is 289 g/mol. The van der Waals surface area contributed by atoms with Crippen LogP contribution in [-0.2, 0) is 0 Å². The van der Waals surface area contributed by atoms with Crippen molar-refractivity contribution in [2.45, 2.75) is 6.36 Å². The van der Waals surface area contributed by atoms with Gasteiger partial charge in [-0.25, -0.2) is 0 Å². The predicted molar refractivity (Wildman–Crippen MR) is 65.2 cm³/mol. The van der Waals surface area contributed by atoms with E-state index in [1.807, 2.05) is 0 Å². The van der Waals surface area contributed by atoms with Gasteiger partial charge in [0.2, 0.25) is 0 Å². The summed E-state index contributed by atoms with van der Waals surface area (Å²) in [5.74, 6) is -0.412. The maximum atomic E-state index is 12.3. The van der Waals surface area contributed by atoms with Crippen LogP contribution in [0.4, 0.5) is 13.2 Å². The Labute approximate surface area is 112 Å². The highest BCUT2D eigenvalue weighted by molar-refractivity contribution is 6.33. The summed E-state index contributed by atoms with van der Waals surface area (Å²) < 4.78 is 40.9. The van der Waals surface area contributed by atoms with Crippen molar-refractivity contribution in [3.63, 3.8) is 0 Å². The van der Waals surface area contributed by atoms with Crippen LogP contribution in [0.2, 0.25) is 5.02 Å². The van der Waals surface area contributed by atoms with Gasteiger partial charge in [0.05, 0.1) is 5.02 Å². The van der Waals surface area contributed by atoms with E-state index < -0.39 is 6.36 Å². The standard InChI is InChI=1S/C13H8ClF3O2/c14-11-7-8(18)5-6-9(11)10-3-1-2-4-12(10)19-13(15,16)17/h1-7,18H. The topological polar surface area (TPSA) is 29.5 Å². The minimum absolute atomic E-state index is 0.0667. The third-order valence-corrected chi connectivity index (χ3v) is 2.67. The van der Waals surface area contributed by atoms with Crippen LogP contribution in [0, 0.1) is 0 Å². The van der Waals surface area contributed by atoms with Crippen LogP contribution in [0.3, 0.4) is 0 Å². The Morgan fingerprint density at radius 1 is 1.00 bits per heavy atom. The summed E-state index contributed by atoms with van der Waals surface area (Å²) >= 11 is 5.91. The fourth-order valence-electron chi connectivity index (χ4n) is 1.63. The third-order valence-electron chi connectivity index (χ3n) is 2.36. The van der Waals surface area contributed by atoms with Crippen LogP contribution >= 0.6 is 11.6 Å². The number of rotatable bonds is 2. The second-order valence-electron chi connectivity index (χ2n) is 3.71. The third kappa shape index (κ3) is 3.32. The van der Waals surface area contributed by atoms with Crippen LogP contribution in [-0.4, -0.2) is 11.5 Å². The lowest BCUT2D eigenvalue weighted by molar-refractivity contribution is -0.274. The predicted octanol–water partition coefficient (Wildman–Crippen LogP) is 4.61. The van der Waals surface area contributed by atoms with Crippen molar-refractivity contribution in [2.24, 2.45) is 0 Å². The van der Waals surface area contributed by atoms with E-state index in [2.05, 4.69) is 4.74 Å². The number of phenols is 1. The van der Waals surface area contributed by atoms with Crippen molar-refractivity contribution in [3.05, 3.63) is 47.5 Å². The number of hydrogen-bond donors (Lipinski definition) is 1. The van der Waals surface area contributed by atoms with Gasteiger partial charge in [-0.1, -0.05) is 29.8 Å². The number of ether oxygens (including phenoxy) is 1. The van der Waals surface area contributed by atoms with E-state index in [1.165, 1.54) is 36.4 Å². The molecule has 0 saturated carbocycles. The van der Waals surface area contributed by atoms with E-state index in [9.17, 15) is 18.3 Å². The molecule has 2 rings (SSSR count). The maximum Gasteiger partial charge on any atom is 0.573 e. The highest BCUT2D eigenvalue weighted by Crippen LogP contribution is 2.38. The van der Waals surface area contributed by atoms with Gasteiger partial charge >= 0.3 is 6.36 Å². The molecule has 0 saturated heterocycles. The van der Waals surface area contributed by atoms with Gasteiger partial charge in [0.1, 0.15) is 11.5 Å². The molecule has 0 atom stereocenters. The van der Waals surface area contributed by atoms with E-state index >= 15 is 0 Å². The van der Waals surface area contributed by atoms with Gasteiger partial charge in [-0.3, -0.25) is 0 Å². The summed E-state index contributed by atoms with van der Waals surface area (Å²) in [5.41, 5.74) is 0.546. The van der Waals surface area contributed by atoms with Crippen LogP contribution in [0.1, 0.15) is 0 Å². The molecule has 100 valence electrons. The quantitative estimate of drug-likeness (QED) is 0.874. The first-order valence-electron chi connectivity index (χ1n) is 5.20. The summed E-state index contributed by atoms with van der Waals surface area (Å²) in [6, 6.07) is 9.68. The molecule has 2 nitrogen and oxygen atoms in total. The lowest BCUT2D eigenvalue weighted by Crippen LogP contribution is -2.17. The minimum Gasteiger partial charge on any atom is -0.508 e. The van der Waals surface area contributed by atoms with E-state index in [-0.39, 0.29) is 22.1 Å². The van der Waals surface area contributed by atoms with Gasteiger partial charge in [0, 0.05) is 11.1 Å². The molecule has 0 fully saturated rings. The zero-order valence-corrected chi connectivity index (χ0v) is 10.2. The molecular formula is C13H8ClF3O2. The maximum absolute atomic E-state index is 12.3. The molecule has 0 aliphatic rings. The minimum atomic E-state index is -4.78. The molecule has 1 N–H and O–H groups in total. The van der Waals surface area contributed by atoms with Crippen molar-refractivity contribution in [1.82, 2.24) is 0 Å². The molecule has 0 amide bonds. The Balaban J connectivity index is 2.50. The molecule has 0 unspecified atom stereocenters. The molecule has 2 aromatic rings. The summed E-state index contributed by atoms with van der Waals surface area (Å²) in [5, 5.41) is 9.38. The smallest absolute Gasteiger partial charge is 0.508 e. The molecule has 2 aromatic carbocycles. The van der Waals surface area contributed by atoms with E-state index in [1.54, 1.807) is 6.07 Å². The fourth-order valence-corrected chi connectivity index (χ4v) is 1.90. The molecule has 19 heavy (non-hydrogen) atoms. The fraction of sp³-hybridized carbons (Fsp3) is 0.0769. The van der Waals surface area contributed by atoms with Crippen molar-refractivity contribution < 1.29 is 23.0 Å². The van der Waals surface area contributed by atoms with E-state index in [0.717, 1.165) is 0 Å². The van der Waals surface area contributed by atoms with Gasteiger partial charge in [0.25, 0.3) is 0 Å². The Kier molecular flexibility index (Phi) is 3.57. The normalized spacial score (nSPS) is 11.4. The zero-order valence-electron chi connectivity index (χ0n) is 9.41. The first-order valence-corrected chi connectivity index (χ1v) is 5.58. The van der Waals surface area contributed by atoms with Crippen molar-refractivity contribution in [2.75, 3.05) is 0 Å². The van der Waals surface area contributed by atoms with E-state index in [0.29, 0.717) is 5.56 Å². The SMILES string of the molecule is Oc1ccc(-c2ccccc2OC(F)(F)F)c(Cl)c1. The van der Waals surface area contributed by atoms with Crippen LogP contribution in [0.15, 0.2) is 42.5 Å². The lowest BCUT2D eigenvalue weighted by Gasteiger charge is -2.14. The number of hydrogen-bond acceptors (Lipinski definition) is 2. The summed E-state index contributed by atoms with van der Waals surface area (Å²) in [6.07, 6.45) is -4.78. The molecule has 0 aliphatic carbocycles. The highest BCUT2D eigenvalue weighted by Gasteiger charge is 2.32. The monoisotopic (exact) mass is 288 g/mol. The first kappa shape index (κ1) is 13.5.